The topological polar surface area (TPSA) is 95.8 Å². The van der Waals surface area contributed by atoms with Crippen LogP contribution in [0.5, 0.6) is 0 Å². The largest absolute Gasteiger partial charge is 0.380 e. The number of aryl methyl sites for hydroxylation is 2. The summed E-state index contributed by atoms with van der Waals surface area (Å²) in [5.74, 6) is 0.0325. The molecule has 7 nitrogen and oxygen atoms in total. The van der Waals surface area contributed by atoms with Crippen molar-refractivity contribution in [3.63, 3.8) is 0 Å². The van der Waals surface area contributed by atoms with E-state index < -0.39 is 11.5 Å². The van der Waals surface area contributed by atoms with E-state index in [-0.39, 0.29) is 0 Å². The molecule has 2 aromatic heterocycles. The lowest BCUT2D eigenvalue weighted by Gasteiger charge is -2.20. The summed E-state index contributed by atoms with van der Waals surface area (Å²) in [7, 11) is 1.79. The molecule has 0 aromatic carbocycles. The average Bonchev–Trinajstić information content (AvgIpc) is 2.83. The number of H-pyrrole nitrogens is 1. The van der Waals surface area contributed by atoms with Crippen LogP contribution < -0.4 is 5.32 Å². The molecule has 0 aliphatic carbocycles. The molecule has 0 aliphatic rings. The van der Waals surface area contributed by atoms with Crippen LogP contribution in [0.1, 0.15) is 32.4 Å². The Bertz CT molecular complexity index is 611. The summed E-state index contributed by atoms with van der Waals surface area (Å²) in [5.41, 5.74) is 0.0575. The number of aromatic amines is 1. The van der Waals surface area contributed by atoms with Crippen molar-refractivity contribution in [2.75, 3.05) is 5.32 Å². The van der Waals surface area contributed by atoms with E-state index in [1.54, 1.807) is 11.7 Å². The minimum Gasteiger partial charge on any atom is -0.380 e. The fourth-order valence-electron chi connectivity index (χ4n) is 2.17. The molecule has 7 heteroatoms. The van der Waals surface area contributed by atoms with Crippen LogP contribution in [0.15, 0.2) is 0 Å². The number of aliphatic hydroxyl groups is 1. The minimum atomic E-state index is -1.39. The Morgan fingerprint density at radius 3 is 2.89 bits per heavy atom. The van der Waals surface area contributed by atoms with Gasteiger partial charge >= 0.3 is 0 Å². The smallest absolute Gasteiger partial charge is 0.257 e. The Kier molecular flexibility index (Phi) is 3.32. The van der Waals surface area contributed by atoms with Gasteiger partial charge in [0.2, 0.25) is 0 Å². The molecule has 0 saturated carbocycles. The van der Waals surface area contributed by atoms with E-state index in [4.69, 9.17) is 0 Å². The molecule has 104 valence electrons. The van der Waals surface area contributed by atoms with E-state index >= 15 is 0 Å². The number of amides is 1. The van der Waals surface area contributed by atoms with Crippen LogP contribution in [-0.4, -0.2) is 36.6 Å². The molecule has 0 bridgehead atoms. The molecule has 0 fully saturated rings. The summed E-state index contributed by atoms with van der Waals surface area (Å²) >= 11 is 0. The molecule has 2 aromatic rings. The summed E-state index contributed by atoms with van der Waals surface area (Å²) in [4.78, 5) is 12.0. The molecule has 3 N–H and O–H groups in total. The Morgan fingerprint density at radius 2 is 2.26 bits per heavy atom. The lowest BCUT2D eigenvalue weighted by Crippen LogP contribution is -2.39. The molecule has 2 heterocycles. The first-order valence-corrected chi connectivity index (χ1v) is 6.28. The maximum absolute atomic E-state index is 12.0. The van der Waals surface area contributed by atoms with Gasteiger partial charge in [-0.2, -0.15) is 10.2 Å². The highest BCUT2D eigenvalue weighted by atomic mass is 16.3. The summed E-state index contributed by atoms with van der Waals surface area (Å²) in [6.07, 6.45) is 1.13. The first kappa shape index (κ1) is 13.5. The van der Waals surface area contributed by atoms with Crippen LogP contribution >= 0.6 is 0 Å². The maximum Gasteiger partial charge on any atom is 0.257 e. The zero-order valence-electron chi connectivity index (χ0n) is 11.6. The van der Waals surface area contributed by atoms with Gasteiger partial charge in [-0.25, -0.2) is 4.68 Å². The third-order valence-electron chi connectivity index (χ3n) is 3.18. The highest BCUT2D eigenvalue weighted by Gasteiger charge is 2.30. The summed E-state index contributed by atoms with van der Waals surface area (Å²) in [6.45, 7) is 5.27. The predicted molar refractivity (Wildman–Crippen MR) is 71.8 cm³/mol. The van der Waals surface area contributed by atoms with Crippen molar-refractivity contribution >= 4 is 22.8 Å². The standard InChI is InChI=1S/C12H19N5O2/c1-5-6-12(3,19)11(18)13-9-8-7(2)16-17(4)10(8)15-14-9/h19H,5-6H2,1-4H3,(H2,13,14,15,18). The van der Waals surface area contributed by atoms with E-state index in [1.165, 1.54) is 6.92 Å². The number of nitrogens with one attached hydrogen (secondary N) is 2. The molecule has 1 atom stereocenters. The third-order valence-corrected chi connectivity index (χ3v) is 3.18. The highest BCUT2D eigenvalue weighted by Crippen LogP contribution is 2.24. The number of anilines is 1. The van der Waals surface area contributed by atoms with E-state index in [0.717, 1.165) is 17.5 Å². The minimum absolute atomic E-state index is 0.405. The molecule has 1 unspecified atom stereocenters. The van der Waals surface area contributed by atoms with Gasteiger partial charge in [-0.3, -0.25) is 9.89 Å². The Morgan fingerprint density at radius 1 is 1.58 bits per heavy atom. The molecule has 0 radical (unpaired) electrons. The molecule has 1 amide bonds. The van der Waals surface area contributed by atoms with E-state index in [9.17, 15) is 9.90 Å². The monoisotopic (exact) mass is 265 g/mol. The van der Waals surface area contributed by atoms with Gasteiger partial charge in [0.15, 0.2) is 5.65 Å². The normalized spacial score (nSPS) is 14.6. The SMILES string of the molecule is CCCC(C)(O)C(=O)Nc1[nH]nc2c1c(C)nn2C. The van der Waals surface area contributed by atoms with Crippen LogP contribution in [-0.2, 0) is 11.8 Å². The summed E-state index contributed by atoms with van der Waals surface area (Å²) < 4.78 is 1.64. The van der Waals surface area contributed by atoms with Crippen LogP contribution in [0.3, 0.4) is 0 Å². The van der Waals surface area contributed by atoms with Gasteiger partial charge in [0, 0.05) is 7.05 Å². The van der Waals surface area contributed by atoms with Gasteiger partial charge in [-0.05, 0) is 20.3 Å². The van der Waals surface area contributed by atoms with Crippen LogP contribution in [0, 0.1) is 6.92 Å². The number of aromatic nitrogens is 4. The van der Waals surface area contributed by atoms with Crippen molar-refractivity contribution in [3.05, 3.63) is 5.69 Å². The number of carbonyl (C=O) groups excluding carboxylic acids is 1. The molecule has 0 saturated heterocycles. The van der Waals surface area contributed by atoms with Gasteiger partial charge in [0.05, 0.1) is 11.1 Å². The van der Waals surface area contributed by atoms with Crippen molar-refractivity contribution in [3.8, 4) is 0 Å². The maximum atomic E-state index is 12.0. The van der Waals surface area contributed by atoms with Gasteiger partial charge in [-0.1, -0.05) is 13.3 Å². The molecule has 0 aliphatic heterocycles. The van der Waals surface area contributed by atoms with Gasteiger partial charge in [0.1, 0.15) is 11.4 Å². The molecular formula is C12H19N5O2. The second-order valence-electron chi connectivity index (χ2n) is 4.98. The first-order valence-electron chi connectivity index (χ1n) is 6.28. The zero-order chi connectivity index (χ0) is 14.2. The van der Waals surface area contributed by atoms with Crippen LogP contribution in [0.25, 0.3) is 11.0 Å². The van der Waals surface area contributed by atoms with Gasteiger partial charge in [-0.15, -0.1) is 0 Å². The van der Waals surface area contributed by atoms with Crippen LogP contribution in [0.4, 0.5) is 5.82 Å². The molecule has 19 heavy (non-hydrogen) atoms. The predicted octanol–water partition coefficient (Wildman–Crippen LogP) is 1.09. The zero-order valence-corrected chi connectivity index (χ0v) is 11.6. The second kappa shape index (κ2) is 4.65. The average molecular weight is 265 g/mol. The number of nitrogens with zero attached hydrogens (tertiary/aromatic N) is 3. The van der Waals surface area contributed by atoms with Crippen molar-refractivity contribution in [2.24, 2.45) is 7.05 Å². The lowest BCUT2D eigenvalue weighted by atomic mass is 10.00. The quantitative estimate of drug-likeness (QED) is 0.771. The van der Waals surface area contributed by atoms with Gasteiger partial charge in [0.25, 0.3) is 5.91 Å². The number of fused-ring (bicyclic) bond motifs is 1. The number of carbonyl (C=O) groups is 1. The fourth-order valence-corrected chi connectivity index (χ4v) is 2.17. The summed E-state index contributed by atoms with van der Waals surface area (Å²) in [5, 5.41) is 24.6. The third kappa shape index (κ3) is 2.33. The Hall–Kier alpha value is -1.89. The van der Waals surface area contributed by atoms with Crippen molar-refractivity contribution in [1.29, 1.82) is 0 Å². The molecule has 2 rings (SSSR count). The Balaban J connectivity index is 2.29. The van der Waals surface area contributed by atoms with E-state index in [1.807, 2.05) is 13.8 Å². The number of hydrogen-bond acceptors (Lipinski definition) is 4. The van der Waals surface area contributed by atoms with Crippen molar-refractivity contribution in [1.82, 2.24) is 20.0 Å². The number of hydrogen-bond donors (Lipinski definition) is 3. The van der Waals surface area contributed by atoms with Crippen molar-refractivity contribution in [2.45, 2.75) is 39.2 Å². The number of rotatable bonds is 4. The molecular weight excluding hydrogens is 246 g/mol. The van der Waals surface area contributed by atoms with E-state index in [0.29, 0.717) is 17.9 Å². The first-order chi connectivity index (χ1) is 8.86. The highest BCUT2D eigenvalue weighted by molar-refractivity contribution is 6.02. The lowest BCUT2D eigenvalue weighted by molar-refractivity contribution is -0.133. The molecule has 0 spiro atoms. The fraction of sp³-hybridized carbons (Fsp3) is 0.583. The summed E-state index contributed by atoms with van der Waals surface area (Å²) in [6, 6.07) is 0. The second-order valence-corrected chi connectivity index (χ2v) is 4.98. The van der Waals surface area contributed by atoms with Gasteiger partial charge < -0.3 is 10.4 Å². The van der Waals surface area contributed by atoms with Crippen molar-refractivity contribution < 1.29 is 9.90 Å². The Labute approximate surface area is 111 Å². The van der Waals surface area contributed by atoms with E-state index in [2.05, 4.69) is 20.6 Å². The van der Waals surface area contributed by atoms with Crippen LogP contribution in [0.2, 0.25) is 0 Å².